The highest BCUT2D eigenvalue weighted by Gasteiger charge is 2.24. The Morgan fingerprint density at radius 2 is 1.17 bits per heavy atom. The number of nitrogens with one attached hydrogen (secondary N) is 1. The largest absolute Gasteiger partial charge is 0.480 e. The third-order valence-electron chi connectivity index (χ3n) is 5.88. The first-order valence-electron chi connectivity index (χ1n) is 11.0. The van der Waals surface area contributed by atoms with Gasteiger partial charge in [-0.2, -0.15) is 0 Å². The van der Waals surface area contributed by atoms with E-state index in [0.717, 1.165) is 45.6 Å². The molecule has 10 nitrogen and oxygen atoms in total. The molecule has 0 bridgehead atoms. The van der Waals surface area contributed by atoms with E-state index >= 15 is 0 Å². The lowest BCUT2D eigenvalue weighted by Crippen LogP contribution is -2.45. The SMILES string of the molecule is CCNC(=O)CN1CCC(CN2CCN(CC(=O)O)CCN(CC(=O)O)CC2)CC1. The Labute approximate surface area is 178 Å². The third kappa shape index (κ3) is 9.38. The number of carbonyl (C=O) groups excluding carboxylic acids is 1. The van der Waals surface area contributed by atoms with Gasteiger partial charge < -0.3 is 20.4 Å². The number of nitrogens with zero attached hydrogens (tertiary/aromatic N) is 4. The monoisotopic (exact) mass is 427 g/mol. The van der Waals surface area contributed by atoms with Gasteiger partial charge in [0.2, 0.25) is 5.91 Å². The van der Waals surface area contributed by atoms with Gasteiger partial charge in [0.1, 0.15) is 0 Å². The Kier molecular flexibility index (Phi) is 10.5. The number of likely N-dealkylation sites (N-methyl/N-ethyl adjacent to an activating group) is 1. The summed E-state index contributed by atoms with van der Waals surface area (Å²) in [6.45, 7) is 9.77. The maximum atomic E-state index is 11.8. The predicted octanol–water partition coefficient (Wildman–Crippen LogP) is -1.08. The fourth-order valence-corrected chi connectivity index (χ4v) is 4.21. The fourth-order valence-electron chi connectivity index (χ4n) is 4.21. The Morgan fingerprint density at radius 3 is 1.60 bits per heavy atom. The molecule has 2 aliphatic heterocycles. The lowest BCUT2D eigenvalue weighted by molar-refractivity contribution is -0.140. The van der Waals surface area contributed by atoms with E-state index in [9.17, 15) is 14.4 Å². The number of carboxylic acid groups (broad SMARTS) is 2. The zero-order valence-electron chi connectivity index (χ0n) is 18.1. The molecule has 0 saturated carbocycles. The summed E-state index contributed by atoms with van der Waals surface area (Å²) < 4.78 is 0. The van der Waals surface area contributed by atoms with Gasteiger partial charge in [-0.1, -0.05) is 0 Å². The summed E-state index contributed by atoms with van der Waals surface area (Å²) in [5.74, 6) is -1.10. The van der Waals surface area contributed by atoms with Crippen molar-refractivity contribution in [3.8, 4) is 0 Å². The van der Waals surface area contributed by atoms with Gasteiger partial charge in [-0.25, -0.2) is 0 Å². The van der Waals surface area contributed by atoms with Gasteiger partial charge in [0.15, 0.2) is 0 Å². The van der Waals surface area contributed by atoms with Gasteiger partial charge in [-0.15, -0.1) is 0 Å². The van der Waals surface area contributed by atoms with Crippen LogP contribution in [0.5, 0.6) is 0 Å². The second kappa shape index (κ2) is 12.8. The Hall–Kier alpha value is -1.75. The quantitative estimate of drug-likeness (QED) is 0.423. The lowest BCUT2D eigenvalue weighted by atomic mass is 9.96. The first-order valence-corrected chi connectivity index (χ1v) is 11.0. The minimum Gasteiger partial charge on any atom is -0.480 e. The van der Waals surface area contributed by atoms with Crippen molar-refractivity contribution in [3.63, 3.8) is 0 Å². The van der Waals surface area contributed by atoms with Crippen LogP contribution in [0, 0.1) is 5.92 Å². The van der Waals surface area contributed by atoms with E-state index in [1.54, 1.807) is 0 Å². The number of likely N-dealkylation sites (tertiary alicyclic amines) is 1. The molecular weight excluding hydrogens is 390 g/mol. The third-order valence-corrected chi connectivity index (χ3v) is 5.88. The first-order chi connectivity index (χ1) is 14.4. The van der Waals surface area contributed by atoms with Crippen LogP contribution in [0.2, 0.25) is 0 Å². The smallest absolute Gasteiger partial charge is 0.317 e. The molecule has 2 rings (SSSR count). The number of carboxylic acids is 2. The fraction of sp³-hybridized carbons (Fsp3) is 0.850. The van der Waals surface area contributed by atoms with Gasteiger partial charge >= 0.3 is 11.9 Å². The molecule has 0 radical (unpaired) electrons. The molecule has 0 aliphatic carbocycles. The highest BCUT2D eigenvalue weighted by Crippen LogP contribution is 2.18. The summed E-state index contributed by atoms with van der Waals surface area (Å²) in [7, 11) is 0. The number of carbonyl (C=O) groups is 3. The van der Waals surface area contributed by atoms with Gasteiger partial charge in [-0.05, 0) is 38.8 Å². The van der Waals surface area contributed by atoms with Crippen molar-refractivity contribution in [2.24, 2.45) is 5.92 Å². The first kappa shape index (κ1) is 24.5. The van der Waals surface area contributed by atoms with Crippen molar-refractivity contribution in [3.05, 3.63) is 0 Å². The molecule has 0 unspecified atom stereocenters. The van der Waals surface area contributed by atoms with Crippen molar-refractivity contribution in [2.45, 2.75) is 19.8 Å². The molecule has 0 aromatic heterocycles. The van der Waals surface area contributed by atoms with Crippen molar-refractivity contribution >= 4 is 17.8 Å². The van der Waals surface area contributed by atoms with Crippen LogP contribution in [0.15, 0.2) is 0 Å². The van der Waals surface area contributed by atoms with E-state index in [2.05, 4.69) is 15.1 Å². The lowest BCUT2D eigenvalue weighted by Gasteiger charge is -2.35. The van der Waals surface area contributed by atoms with Gasteiger partial charge in [0.25, 0.3) is 0 Å². The molecule has 30 heavy (non-hydrogen) atoms. The summed E-state index contributed by atoms with van der Waals surface area (Å²) in [5.41, 5.74) is 0. The minimum atomic E-state index is -0.856. The Morgan fingerprint density at radius 1 is 0.733 bits per heavy atom. The van der Waals surface area contributed by atoms with E-state index in [1.165, 1.54) is 0 Å². The topological polar surface area (TPSA) is 117 Å². The van der Waals surface area contributed by atoms with Crippen LogP contribution in [0.1, 0.15) is 19.8 Å². The van der Waals surface area contributed by atoms with Crippen molar-refractivity contribution in [2.75, 3.05) is 85.1 Å². The molecule has 3 N–H and O–H groups in total. The van der Waals surface area contributed by atoms with Crippen LogP contribution in [0.25, 0.3) is 0 Å². The van der Waals surface area contributed by atoms with Gasteiger partial charge in [0.05, 0.1) is 19.6 Å². The molecule has 0 aromatic rings. The van der Waals surface area contributed by atoms with Crippen LogP contribution >= 0.6 is 0 Å². The van der Waals surface area contributed by atoms with E-state index < -0.39 is 11.9 Å². The van der Waals surface area contributed by atoms with Crippen LogP contribution in [-0.4, -0.2) is 133 Å². The van der Waals surface area contributed by atoms with Crippen LogP contribution in [0.4, 0.5) is 0 Å². The van der Waals surface area contributed by atoms with Gasteiger partial charge in [0, 0.05) is 52.4 Å². The zero-order chi connectivity index (χ0) is 21.9. The van der Waals surface area contributed by atoms with E-state index in [0.29, 0.717) is 45.2 Å². The van der Waals surface area contributed by atoms with Crippen LogP contribution in [0.3, 0.4) is 0 Å². The number of hydrogen-bond donors (Lipinski definition) is 3. The molecule has 172 valence electrons. The average molecular weight is 428 g/mol. The van der Waals surface area contributed by atoms with Crippen molar-refractivity contribution in [1.29, 1.82) is 0 Å². The maximum Gasteiger partial charge on any atom is 0.317 e. The van der Waals surface area contributed by atoms with Gasteiger partial charge in [-0.3, -0.25) is 29.1 Å². The highest BCUT2D eigenvalue weighted by molar-refractivity contribution is 5.77. The molecular formula is C20H37N5O5. The summed E-state index contributed by atoms with van der Waals surface area (Å²) in [6, 6.07) is 0. The Balaban J connectivity index is 1.86. The van der Waals surface area contributed by atoms with Crippen LogP contribution in [-0.2, 0) is 14.4 Å². The average Bonchev–Trinajstić information content (AvgIpc) is 2.75. The summed E-state index contributed by atoms with van der Waals surface area (Å²) in [6.07, 6.45) is 2.07. The standard InChI is InChI=1S/C20H37N5O5/c1-2-21-18(26)14-22-5-3-17(4-6-22)13-23-7-9-24(15-19(27)28)11-12-25(10-8-23)16-20(29)30/h17H,2-16H2,1H3,(H,21,26)(H,27,28)(H,29,30). The summed E-state index contributed by atoms with van der Waals surface area (Å²) in [4.78, 5) is 42.4. The molecule has 2 aliphatic rings. The Bertz CT molecular complexity index is 540. The summed E-state index contributed by atoms with van der Waals surface area (Å²) >= 11 is 0. The zero-order valence-corrected chi connectivity index (χ0v) is 18.1. The molecule has 2 fully saturated rings. The normalized spacial score (nSPS) is 21.5. The second-order valence-corrected chi connectivity index (χ2v) is 8.31. The number of piperidine rings is 1. The number of rotatable bonds is 9. The predicted molar refractivity (Wildman–Crippen MR) is 112 cm³/mol. The number of hydrogen-bond acceptors (Lipinski definition) is 7. The molecule has 2 saturated heterocycles. The summed E-state index contributed by atoms with van der Waals surface area (Å²) in [5, 5.41) is 21.2. The van der Waals surface area contributed by atoms with E-state index in [-0.39, 0.29) is 19.0 Å². The van der Waals surface area contributed by atoms with Crippen molar-refractivity contribution < 1.29 is 24.6 Å². The van der Waals surface area contributed by atoms with E-state index in [1.807, 2.05) is 16.7 Å². The molecule has 2 heterocycles. The molecule has 10 heteroatoms. The number of amides is 1. The molecule has 1 amide bonds. The van der Waals surface area contributed by atoms with E-state index in [4.69, 9.17) is 10.2 Å². The van der Waals surface area contributed by atoms with Crippen molar-refractivity contribution in [1.82, 2.24) is 24.9 Å². The second-order valence-electron chi connectivity index (χ2n) is 8.31. The number of aliphatic carboxylic acids is 2. The highest BCUT2D eigenvalue weighted by atomic mass is 16.4. The minimum absolute atomic E-state index is 0.0209. The molecule has 0 spiro atoms. The van der Waals surface area contributed by atoms with Crippen LogP contribution < -0.4 is 5.32 Å². The molecule has 0 atom stereocenters. The molecule has 0 aromatic carbocycles. The maximum absolute atomic E-state index is 11.8.